The molecule has 6 nitrogen and oxygen atoms in total. The van der Waals surface area contributed by atoms with Crippen molar-refractivity contribution in [3.8, 4) is 0 Å². The summed E-state index contributed by atoms with van der Waals surface area (Å²) in [7, 11) is -0.841. The predicted octanol–water partition coefficient (Wildman–Crippen LogP) is 2.67. The molecule has 4 unspecified atom stereocenters. The van der Waals surface area contributed by atoms with Crippen molar-refractivity contribution in [2.24, 2.45) is 0 Å². The van der Waals surface area contributed by atoms with Crippen LogP contribution in [0.1, 0.15) is 54.4 Å². The van der Waals surface area contributed by atoms with Gasteiger partial charge in [0.2, 0.25) is 9.84 Å². The van der Waals surface area contributed by atoms with Crippen LogP contribution in [0.15, 0.2) is 0 Å². The fraction of sp³-hybridized carbons (Fsp3) is 1.00. The van der Waals surface area contributed by atoms with Crippen LogP contribution in [0.2, 0.25) is 0 Å². The Morgan fingerprint density at radius 2 is 1.14 bits per heavy atom. The van der Waals surface area contributed by atoms with Crippen molar-refractivity contribution in [1.82, 2.24) is 0 Å². The van der Waals surface area contributed by atoms with Crippen molar-refractivity contribution < 1.29 is 27.4 Å². The van der Waals surface area contributed by atoms with Gasteiger partial charge < -0.3 is 18.9 Å². The molecular weight excluding hydrogens is 296 g/mol. The third-order valence-electron chi connectivity index (χ3n) is 3.92. The fourth-order valence-electron chi connectivity index (χ4n) is 1.93. The summed E-state index contributed by atoms with van der Waals surface area (Å²) in [6, 6.07) is 0. The molecule has 0 saturated heterocycles. The van der Waals surface area contributed by atoms with E-state index in [1.54, 1.807) is 41.5 Å². The van der Waals surface area contributed by atoms with Crippen LogP contribution in [0.4, 0.5) is 0 Å². The highest BCUT2D eigenvalue weighted by Crippen LogP contribution is 2.37. The van der Waals surface area contributed by atoms with Gasteiger partial charge in [0.05, 0.1) is 0 Å². The first-order valence-electron chi connectivity index (χ1n) is 7.19. The van der Waals surface area contributed by atoms with E-state index in [4.69, 9.17) is 18.9 Å². The smallest absolute Gasteiger partial charge is 0.209 e. The first-order chi connectivity index (χ1) is 9.53. The lowest BCUT2D eigenvalue weighted by atomic mass is 10.3. The highest BCUT2D eigenvalue weighted by atomic mass is 32.2. The Bertz CT molecular complexity index is 378. The van der Waals surface area contributed by atoms with Crippen LogP contribution in [0.25, 0.3) is 0 Å². The Balaban J connectivity index is 5.64. The van der Waals surface area contributed by atoms with Crippen LogP contribution < -0.4 is 0 Å². The number of methoxy groups -OCH3 is 2. The Morgan fingerprint density at radius 1 is 0.857 bits per heavy atom. The zero-order valence-corrected chi connectivity index (χ0v) is 15.2. The van der Waals surface area contributed by atoms with E-state index in [0.717, 1.165) is 0 Å². The second-order valence-corrected chi connectivity index (χ2v) is 8.05. The van der Waals surface area contributed by atoms with Gasteiger partial charge in [0, 0.05) is 14.2 Å². The van der Waals surface area contributed by atoms with Gasteiger partial charge in [-0.3, -0.25) is 0 Å². The second kappa shape index (κ2) is 7.87. The number of ether oxygens (including phenoxy) is 4. The first-order valence-corrected chi connectivity index (χ1v) is 8.67. The lowest BCUT2D eigenvalue weighted by molar-refractivity contribution is -0.170. The minimum atomic E-state index is -3.78. The van der Waals surface area contributed by atoms with Gasteiger partial charge >= 0.3 is 0 Å². The van der Waals surface area contributed by atoms with Crippen molar-refractivity contribution in [2.45, 2.75) is 76.8 Å². The van der Waals surface area contributed by atoms with Gasteiger partial charge in [0.15, 0.2) is 22.4 Å². The molecule has 0 amide bonds. The first kappa shape index (κ1) is 20.8. The van der Waals surface area contributed by atoms with E-state index in [0.29, 0.717) is 0 Å². The van der Waals surface area contributed by atoms with E-state index in [1.807, 2.05) is 0 Å². The topological polar surface area (TPSA) is 71.1 Å². The Kier molecular flexibility index (Phi) is 7.79. The molecule has 21 heavy (non-hydrogen) atoms. The van der Waals surface area contributed by atoms with Crippen molar-refractivity contribution in [3.63, 3.8) is 0 Å². The molecule has 0 spiro atoms. The molecule has 0 radical (unpaired) electrons. The Hall–Kier alpha value is -0.210. The summed E-state index contributed by atoms with van der Waals surface area (Å²) in [4.78, 5) is -2.80. The Labute approximate surface area is 129 Å². The summed E-state index contributed by atoms with van der Waals surface area (Å²) in [5.41, 5.74) is 0. The molecule has 0 aliphatic rings. The monoisotopic (exact) mass is 326 g/mol. The summed E-state index contributed by atoms with van der Waals surface area (Å²) in [5, 5.41) is 0. The van der Waals surface area contributed by atoms with Gasteiger partial charge in [0.25, 0.3) is 0 Å². The third-order valence-corrected chi connectivity index (χ3v) is 6.96. The predicted molar refractivity (Wildman–Crippen MR) is 81.4 cm³/mol. The fourth-order valence-corrected chi connectivity index (χ4v) is 4.13. The van der Waals surface area contributed by atoms with Crippen LogP contribution in [-0.4, -0.2) is 45.1 Å². The second-order valence-electron chi connectivity index (χ2n) is 5.32. The highest BCUT2D eigenvalue weighted by Gasteiger charge is 2.53. The van der Waals surface area contributed by atoms with Crippen LogP contribution in [-0.2, 0) is 28.8 Å². The maximum atomic E-state index is 13.1. The van der Waals surface area contributed by atoms with Crippen molar-refractivity contribution in [2.75, 3.05) is 14.2 Å². The molecule has 0 aromatic heterocycles. The van der Waals surface area contributed by atoms with Crippen molar-refractivity contribution in [1.29, 1.82) is 0 Å². The summed E-state index contributed by atoms with van der Waals surface area (Å²) >= 11 is 0. The maximum Gasteiger partial charge on any atom is 0.209 e. The molecule has 0 bridgehead atoms. The molecular formula is C14H30O6S. The average Bonchev–Trinajstić information content (AvgIpc) is 2.45. The van der Waals surface area contributed by atoms with Crippen molar-refractivity contribution >= 4 is 9.84 Å². The van der Waals surface area contributed by atoms with Crippen LogP contribution >= 0.6 is 0 Å². The van der Waals surface area contributed by atoms with Crippen molar-refractivity contribution in [3.05, 3.63) is 0 Å². The van der Waals surface area contributed by atoms with Gasteiger partial charge in [-0.1, -0.05) is 13.8 Å². The molecule has 0 aromatic carbocycles. The molecule has 0 rings (SSSR count). The van der Waals surface area contributed by atoms with E-state index in [-0.39, 0.29) is 12.8 Å². The molecule has 0 aliphatic heterocycles. The van der Waals surface area contributed by atoms with E-state index < -0.39 is 32.3 Å². The Morgan fingerprint density at radius 3 is 1.33 bits per heavy atom. The summed E-state index contributed by atoms with van der Waals surface area (Å²) < 4.78 is 47.5. The number of hydrogen-bond acceptors (Lipinski definition) is 6. The lowest BCUT2D eigenvalue weighted by Gasteiger charge is -2.40. The molecule has 4 atom stereocenters. The zero-order chi connectivity index (χ0) is 16.9. The zero-order valence-electron chi connectivity index (χ0n) is 14.4. The van der Waals surface area contributed by atoms with Crippen LogP contribution in [0, 0.1) is 0 Å². The molecule has 0 heterocycles. The summed E-state index contributed by atoms with van der Waals surface area (Å²) in [6.45, 7) is 9.93. The van der Waals surface area contributed by atoms with Gasteiger partial charge in [-0.2, -0.15) is 0 Å². The average molecular weight is 326 g/mol. The number of hydrogen-bond donors (Lipinski definition) is 0. The minimum absolute atomic E-state index is 0.281. The standard InChI is InChI=1S/C14H30O6S/c1-9-13(5,19-11(3)17-7)21(15,16)14(6,10-2)20-12(4)18-8/h11-12H,9-10H2,1-8H3. The van der Waals surface area contributed by atoms with Gasteiger partial charge in [-0.05, 0) is 40.5 Å². The largest absolute Gasteiger partial charge is 0.356 e. The molecule has 0 aromatic rings. The van der Waals surface area contributed by atoms with E-state index in [9.17, 15) is 8.42 Å². The minimum Gasteiger partial charge on any atom is -0.356 e. The summed E-state index contributed by atoms with van der Waals surface area (Å²) in [5.74, 6) is 0. The van der Waals surface area contributed by atoms with E-state index in [1.165, 1.54) is 14.2 Å². The molecule has 0 aliphatic carbocycles. The van der Waals surface area contributed by atoms with Crippen LogP contribution in [0.3, 0.4) is 0 Å². The van der Waals surface area contributed by atoms with Gasteiger partial charge in [0.1, 0.15) is 0 Å². The molecule has 7 heteroatoms. The quantitative estimate of drug-likeness (QED) is 0.575. The normalized spacial score (nSPS) is 21.3. The summed E-state index contributed by atoms with van der Waals surface area (Å²) in [6.07, 6.45) is -0.705. The highest BCUT2D eigenvalue weighted by molar-refractivity contribution is 7.93. The van der Waals surface area contributed by atoms with Crippen LogP contribution in [0.5, 0.6) is 0 Å². The number of sulfone groups is 1. The molecule has 0 N–H and O–H groups in total. The van der Waals surface area contributed by atoms with Gasteiger partial charge in [-0.25, -0.2) is 8.42 Å². The SMILES string of the molecule is CCC(C)(OC(C)OC)S(=O)(=O)C(C)(CC)OC(C)OC. The maximum absolute atomic E-state index is 13.1. The third kappa shape index (κ3) is 4.39. The molecule has 128 valence electrons. The number of rotatable bonds is 10. The molecule has 0 fully saturated rings. The van der Waals surface area contributed by atoms with Gasteiger partial charge in [-0.15, -0.1) is 0 Å². The van der Waals surface area contributed by atoms with E-state index in [2.05, 4.69) is 0 Å². The lowest BCUT2D eigenvalue weighted by Crippen LogP contribution is -2.53. The van der Waals surface area contributed by atoms with E-state index >= 15 is 0 Å². The molecule has 0 saturated carbocycles.